The van der Waals surface area contributed by atoms with Gasteiger partial charge in [0.15, 0.2) is 0 Å². The van der Waals surface area contributed by atoms with Crippen LogP contribution in [0.25, 0.3) is 0 Å². The van der Waals surface area contributed by atoms with Crippen LogP contribution >= 0.6 is 0 Å². The molecule has 4 saturated carbocycles. The van der Waals surface area contributed by atoms with Gasteiger partial charge in [-0.1, -0.05) is 27.2 Å². The third kappa shape index (κ3) is 3.77. The maximum absolute atomic E-state index is 9.07. The van der Waals surface area contributed by atoms with Gasteiger partial charge in [-0.15, -0.1) is 0 Å². The summed E-state index contributed by atoms with van der Waals surface area (Å²) in [6.45, 7) is 8.60. The zero-order valence-corrected chi connectivity index (χ0v) is 20.2. The van der Waals surface area contributed by atoms with Gasteiger partial charge in [0.1, 0.15) is 6.07 Å². The second kappa shape index (κ2) is 8.24. The summed E-state index contributed by atoms with van der Waals surface area (Å²) >= 11 is 0. The highest BCUT2D eigenvalue weighted by atomic mass is 15.3. The minimum atomic E-state index is 0.546. The highest BCUT2D eigenvalue weighted by Gasteiger charge is 2.57. The lowest BCUT2D eigenvalue weighted by Crippen LogP contribution is -2.49. The van der Waals surface area contributed by atoms with E-state index >= 15 is 0 Å². The Balaban J connectivity index is 1.24. The smallest absolute Gasteiger partial charge is 0.102 e. The molecule has 0 spiro atoms. The van der Waals surface area contributed by atoms with E-state index in [4.69, 9.17) is 5.26 Å². The summed E-state index contributed by atoms with van der Waals surface area (Å²) < 4.78 is 2.00. The fraction of sp³-hybridized carbons (Fsp3) is 0.857. The standard InChI is InChI=1S/C28H43N3/c1-4-12-27(2)13-9-23-21(16-27)5-7-25-24(23)10-14-28(3)22(6-8-26(25)28)11-15-31-19-20(17-29)18-30-31/h18-19,21-26H,4-16H2,1-3H3/t21?,22?,23?,24?,25?,26?,27-,28?/m0/s1. The van der Waals surface area contributed by atoms with Crippen molar-refractivity contribution >= 4 is 0 Å². The minimum Gasteiger partial charge on any atom is -0.271 e. The Bertz CT molecular complexity index is 820. The number of nitrogens with zero attached hydrogens (tertiary/aromatic N) is 3. The van der Waals surface area contributed by atoms with E-state index in [1.54, 1.807) is 6.20 Å². The van der Waals surface area contributed by atoms with E-state index in [-0.39, 0.29) is 0 Å². The van der Waals surface area contributed by atoms with Gasteiger partial charge in [0, 0.05) is 12.7 Å². The Morgan fingerprint density at radius 1 is 1.06 bits per heavy atom. The Morgan fingerprint density at radius 3 is 2.68 bits per heavy atom. The Hall–Kier alpha value is -1.30. The molecule has 3 heteroatoms. The van der Waals surface area contributed by atoms with Crippen LogP contribution in [0.5, 0.6) is 0 Å². The topological polar surface area (TPSA) is 41.6 Å². The number of aryl methyl sites for hydroxylation is 1. The normalized spacial score (nSPS) is 44.2. The highest BCUT2D eigenvalue weighted by Crippen LogP contribution is 2.65. The van der Waals surface area contributed by atoms with E-state index in [1.165, 1.54) is 77.0 Å². The SMILES string of the molecule is CCC[C@@]1(C)CCC2C(CCC3C2CCC2(C)C(CCn4cc(C#N)cn4)CCC32)C1. The van der Waals surface area contributed by atoms with E-state index < -0.39 is 0 Å². The van der Waals surface area contributed by atoms with Crippen LogP contribution in [0, 0.1) is 57.7 Å². The molecule has 0 aromatic carbocycles. The second-order valence-corrected chi connectivity index (χ2v) is 12.5. The molecule has 1 heterocycles. The van der Waals surface area contributed by atoms with Crippen LogP contribution in [0.2, 0.25) is 0 Å². The first kappa shape index (κ1) is 21.5. The molecule has 0 bridgehead atoms. The van der Waals surface area contributed by atoms with Crippen molar-refractivity contribution in [3.05, 3.63) is 18.0 Å². The molecule has 1 aromatic heterocycles. The Labute approximate surface area is 190 Å². The summed E-state index contributed by atoms with van der Waals surface area (Å²) in [5.41, 5.74) is 1.88. The van der Waals surface area contributed by atoms with Gasteiger partial charge in [0.25, 0.3) is 0 Å². The molecule has 4 aliphatic carbocycles. The third-order valence-electron chi connectivity index (χ3n) is 10.9. The molecule has 0 N–H and O–H groups in total. The summed E-state index contributed by atoms with van der Waals surface area (Å²) in [4.78, 5) is 0. The second-order valence-electron chi connectivity index (χ2n) is 12.5. The highest BCUT2D eigenvalue weighted by molar-refractivity contribution is 5.21. The van der Waals surface area contributed by atoms with Crippen LogP contribution in [0.1, 0.15) is 103 Å². The fourth-order valence-corrected chi connectivity index (χ4v) is 9.43. The predicted molar refractivity (Wildman–Crippen MR) is 125 cm³/mol. The largest absolute Gasteiger partial charge is 0.271 e. The molecule has 1 aromatic rings. The molecule has 3 nitrogen and oxygen atoms in total. The summed E-state index contributed by atoms with van der Waals surface area (Å²) in [7, 11) is 0. The van der Waals surface area contributed by atoms with Gasteiger partial charge in [-0.05, 0) is 117 Å². The van der Waals surface area contributed by atoms with Gasteiger partial charge in [-0.2, -0.15) is 10.4 Å². The van der Waals surface area contributed by atoms with E-state index in [0.717, 1.165) is 42.1 Å². The van der Waals surface area contributed by atoms with E-state index in [2.05, 4.69) is 31.9 Å². The molecule has 4 aliphatic rings. The van der Waals surface area contributed by atoms with Crippen molar-refractivity contribution in [2.45, 2.75) is 104 Å². The Morgan fingerprint density at radius 2 is 1.90 bits per heavy atom. The summed E-state index contributed by atoms with van der Waals surface area (Å²) in [5.74, 6) is 5.92. The molecule has 0 aliphatic heterocycles. The van der Waals surface area contributed by atoms with Crippen molar-refractivity contribution < 1.29 is 0 Å². The van der Waals surface area contributed by atoms with Crippen molar-refractivity contribution in [2.75, 3.05) is 0 Å². The van der Waals surface area contributed by atoms with Gasteiger partial charge in [0.2, 0.25) is 0 Å². The van der Waals surface area contributed by atoms with Gasteiger partial charge in [-0.3, -0.25) is 4.68 Å². The van der Waals surface area contributed by atoms with Gasteiger partial charge >= 0.3 is 0 Å². The average molecular weight is 422 g/mol. The lowest BCUT2D eigenvalue weighted by molar-refractivity contribution is -0.0797. The molecule has 8 atom stereocenters. The molecule has 4 fully saturated rings. The summed E-state index contributed by atoms with van der Waals surface area (Å²) in [6, 6.07) is 2.21. The average Bonchev–Trinajstić information content (AvgIpc) is 3.35. The lowest BCUT2D eigenvalue weighted by Gasteiger charge is -2.57. The monoisotopic (exact) mass is 421 g/mol. The molecular weight excluding hydrogens is 378 g/mol. The maximum Gasteiger partial charge on any atom is 0.102 e. The first-order valence-electron chi connectivity index (χ1n) is 13.4. The number of aromatic nitrogens is 2. The summed E-state index contributed by atoms with van der Waals surface area (Å²) in [5, 5.41) is 13.5. The molecule has 0 saturated heterocycles. The van der Waals surface area contributed by atoms with Gasteiger partial charge in [-0.25, -0.2) is 0 Å². The lowest BCUT2D eigenvalue weighted by atomic mass is 9.48. The number of hydrogen-bond acceptors (Lipinski definition) is 2. The van der Waals surface area contributed by atoms with Crippen molar-refractivity contribution in [3.8, 4) is 6.07 Å². The van der Waals surface area contributed by atoms with Crippen LogP contribution in [0.4, 0.5) is 0 Å². The number of nitriles is 1. The number of rotatable bonds is 5. The van der Waals surface area contributed by atoms with Crippen LogP contribution in [0.15, 0.2) is 12.4 Å². The molecule has 170 valence electrons. The van der Waals surface area contributed by atoms with Gasteiger partial charge in [0.05, 0.1) is 11.8 Å². The van der Waals surface area contributed by atoms with Crippen molar-refractivity contribution in [2.24, 2.45) is 46.3 Å². The van der Waals surface area contributed by atoms with Crippen LogP contribution < -0.4 is 0 Å². The van der Waals surface area contributed by atoms with E-state index in [1.807, 2.05) is 10.9 Å². The first-order chi connectivity index (χ1) is 15.0. The molecule has 0 amide bonds. The van der Waals surface area contributed by atoms with E-state index in [0.29, 0.717) is 16.4 Å². The summed E-state index contributed by atoms with van der Waals surface area (Å²) in [6.07, 6.45) is 21.1. The molecule has 5 rings (SSSR count). The number of fused-ring (bicyclic) bond motifs is 5. The van der Waals surface area contributed by atoms with Crippen molar-refractivity contribution in [1.29, 1.82) is 5.26 Å². The minimum absolute atomic E-state index is 0.546. The third-order valence-corrected chi connectivity index (χ3v) is 10.9. The fourth-order valence-electron chi connectivity index (χ4n) is 9.43. The van der Waals surface area contributed by atoms with Crippen molar-refractivity contribution in [1.82, 2.24) is 9.78 Å². The number of hydrogen-bond donors (Lipinski definition) is 0. The van der Waals surface area contributed by atoms with Gasteiger partial charge < -0.3 is 0 Å². The Kier molecular flexibility index (Phi) is 5.72. The van der Waals surface area contributed by atoms with Crippen LogP contribution in [-0.2, 0) is 6.54 Å². The molecular formula is C28H43N3. The van der Waals surface area contributed by atoms with Crippen LogP contribution in [-0.4, -0.2) is 9.78 Å². The predicted octanol–water partition coefficient (Wildman–Crippen LogP) is 7.22. The van der Waals surface area contributed by atoms with Crippen molar-refractivity contribution in [3.63, 3.8) is 0 Å². The molecule has 7 unspecified atom stereocenters. The van der Waals surface area contributed by atoms with Crippen LogP contribution in [0.3, 0.4) is 0 Å². The first-order valence-corrected chi connectivity index (χ1v) is 13.4. The van der Waals surface area contributed by atoms with E-state index in [9.17, 15) is 0 Å². The molecule has 31 heavy (non-hydrogen) atoms. The maximum atomic E-state index is 9.07. The zero-order chi connectivity index (χ0) is 21.6. The molecule has 0 radical (unpaired) electrons. The zero-order valence-electron chi connectivity index (χ0n) is 20.2. The quantitative estimate of drug-likeness (QED) is 0.503.